The number of hydrogen-bond acceptors (Lipinski definition) is 4. The summed E-state index contributed by atoms with van der Waals surface area (Å²) in [4.78, 5) is 13.9. The number of hydrogen-bond donors (Lipinski definition) is 3. The molecule has 0 spiro atoms. The molecule has 0 aromatic carbocycles. The number of nitrogens with zero attached hydrogens (tertiary/aromatic N) is 3. The van der Waals surface area contributed by atoms with E-state index in [1.165, 1.54) is 0 Å². The van der Waals surface area contributed by atoms with E-state index in [-0.39, 0.29) is 11.8 Å². The van der Waals surface area contributed by atoms with Crippen LogP contribution in [0.1, 0.15) is 17.1 Å². The zero-order valence-electron chi connectivity index (χ0n) is 11.9. The second-order valence-corrected chi connectivity index (χ2v) is 5.63. The van der Waals surface area contributed by atoms with Crippen LogP contribution in [0.5, 0.6) is 0 Å². The molecule has 2 atom stereocenters. The maximum Gasteiger partial charge on any atom is 0.228 e. The van der Waals surface area contributed by atoms with Crippen molar-refractivity contribution in [3.8, 4) is 0 Å². The summed E-state index contributed by atoms with van der Waals surface area (Å²) in [6.07, 6.45) is 2.11. The fourth-order valence-electron chi connectivity index (χ4n) is 2.76. The van der Waals surface area contributed by atoms with Gasteiger partial charge in [-0.05, 0) is 25.5 Å². The molecule has 0 aliphatic carbocycles. The van der Waals surface area contributed by atoms with Crippen molar-refractivity contribution in [2.45, 2.75) is 25.9 Å². The topological polar surface area (TPSA) is 97.9 Å². The van der Waals surface area contributed by atoms with Crippen molar-refractivity contribution < 1.29 is 9.90 Å². The maximum absolute atomic E-state index is 12.2. The zero-order valence-corrected chi connectivity index (χ0v) is 11.9. The molecule has 0 radical (unpaired) electrons. The average molecular weight is 289 g/mol. The van der Waals surface area contributed by atoms with Gasteiger partial charge >= 0.3 is 0 Å². The molecule has 2 aromatic heterocycles. The van der Waals surface area contributed by atoms with Crippen LogP contribution in [0, 0.1) is 12.8 Å². The molecule has 1 fully saturated rings. The van der Waals surface area contributed by atoms with Crippen LogP contribution < -0.4 is 0 Å². The van der Waals surface area contributed by atoms with Gasteiger partial charge in [-0.25, -0.2) is 0 Å². The van der Waals surface area contributed by atoms with Gasteiger partial charge in [0.1, 0.15) is 0 Å². The summed E-state index contributed by atoms with van der Waals surface area (Å²) in [6.45, 7) is 2.91. The molecule has 1 saturated heterocycles. The van der Waals surface area contributed by atoms with E-state index in [4.69, 9.17) is 0 Å². The number of likely N-dealkylation sites (tertiary alicyclic amines) is 1. The van der Waals surface area contributed by atoms with E-state index in [9.17, 15) is 9.90 Å². The number of aryl methyl sites for hydroxylation is 1. The van der Waals surface area contributed by atoms with Gasteiger partial charge in [-0.1, -0.05) is 0 Å². The molecule has 1 aliphatic heterocycles. The van der Waals surface area contributed by atoms with Gasteiger partial charge in [0.25, 0.3) is 0 Å². The van der Waals surface area contributed by atoms with Gasteiger partial charge in [-0.2, -0.15) is 10.2 Å². The summed E-state index contributed by atoms with van der Waals surface area (Å²) >= 11 is 0. The Kier molecular flexibility index (Phi) is 3.74. The van der Waals surface area contributed by atoms with E-state index in [0.717, 1.165) is 17.1 Å². The van der Waals surface area contributed by atoms with Crippen LogP contribution in [0.15, 0.2) is 18.3 Å². The first-order chi connectivity index (χ1) is 10.1. The highest BCUT2D eigenvalue weighted by Crippen LogP contribution is 2.21. The smallest absolute Gasteiger partial charge is 0.228 e. The first kappa shape index (κ1) is 13.8. The van der Waals surface area contributed by atoms with Crippen LogP contribution in [0.3, 0.4) is 0 Å². The number of aliphatic hydroxyl groups excluding tert-OH is 1. The summed E-state index contributed by atoms with van der Waals surface area (Å²) in [5.41, 5.74) is 2.73. The van der Waals surface area contributed by atoms with Crippen molar-refractivity contribution in [1.29, 1.82) is 0 Å². The van der Waals surface area contributed by atoms with Gasteiger partial charge in [0, 0.05) is 36.6 Å². The monoisotopic (exact) mass is 289 g/mol. The number of aromatic nitrogens is 4. The molecule has 7 heteroatoms. The van der Waals surface area contributed by atoms with Gasteiger partial charge in [0.15, 0.2) is 0 Å². The van der Waals surface area contributed by atoms with Crippen LogP contribution in [0.2, 0.25) is 0 Å². The number of H-pyrrole nitrogens is 2. The molecule has 1 aliphatic rings. The minimum atomic E-state index is -0.493. The van der Waals surface area contributed by atoms with Crippen LogP contribution in [0.25, 0.3) is 0 Å². The van der Waals surface area contributed by atoms with Gasteiger partial charge in [-0.15, -0.1) is 0 Å². The lowest BCUT2D eigenvalue weighted by Crippen LogP contribution is -2.31. The summed E-state index contributed by atoms with van der Waals surface area (Å²) in [5, 5.41) is 23.9. The third kappa shape index (κ3) is 3.13. The summed E-state index contributed by atoms with van der Waals surface area (Å²) in [7, 11) is 0. The average Bonchev–Trinajstić information content (AvgIpc) is 3.14. The molecule has 3 heterocycles. The molecule has 3 N–H and O–H groups in total. The predicted octanol–water partition coefficient (Wildman–Crippen LogP) is 0.0457. The molecule has 21 heavy (non-hydrogen) atoms. The van der Waals surface area contributed by atoms with E-state index < -0.39 is 6.10 Å². The Labute approximate surface area is 122 Å². The van der Waals surface area contributed by atoms with Gasteiger partial charge in [-0.3, -0.25) is 15.0 Å². The first-order valence-electron chi connectivity index (χ1n) is 7.07. The largest absolute Gasteiger partial charge is 0.391 e. The quantitative estimate of drug-likeness (QED) is 0.740. The minimum Gasteiger partial charge on any atom is -0.391 e. The molecule has 0 saturated carbocycles. The molecule has 112 valence electrons. The van der Waals surface area contributed by atoms with Crippen molar-refractivity contribution in [3.05, 3.63) is 35.4 Å². The maximum atomic E-state index is 12.2. The van der Waals surface area contributed by atoms with Gasteiger partial charge < -0.3 is 10.0 Å². The Morgan fingerprint density at radius 2 is 2.33 bits per heavy atom. The third-order valence-corrected chi connectivity index (χ3v) is 3.89. The number of aromatic amines is 2. The second-order valence-electron chi connectivity index (χ2n) is 5.63. The molecule has 0 unspecified atom stereocenters. The first-order valence-corrected chi connectivity index (χ1v) is 7.07. The van der Waals surface area contributed by atoms with Crippen LogP contribution in [-0.4, -0.2) is 55.5 Å². The van der Waals surface area contributed by atoms with Crippen molar-refractivity contribution in [2.24, 2.45) is 5.92 Å². The highest BCUT2D eigenvalue weighted by molar-refractivity contribution is 5.78. The summed E-state index contributed by atoms with van der Waals surface area (Å²) in [5.74, 6) is 0.0532. The zero-order chi connectivity index (χ0) is 14.8. The number of aliphatic hydroxyl groups is 1. The Balaban J connectivity index is 1.58. The van der Waals surface area contributed by atoms with E-state index >= 15 is 0 Å². The second kappa shape index (κ2) is 5.69. The van der Waals surface area contributed by atoms with E-state index in [1.807, 2.05) is 13.0 Å². The number of carbonyl (C=O) groups is 1. The highest BCUT2D eigenvalue weighted by Gasteiger charge is 2.34. The van der Waals surface area contributed by atoms with Crippen molar-refractivity contribution >= 4 is 5.91 Å². The molecule has 2 aromatic rings. The van der Waals surface area contributed by atoms with Crippen molar-refractivity contribution in [2.75, 3.05) is 13.1 Å². The van der Waals surface area contributed by atoms with E-state index in [2.05, 4.69) is 20.4 Å². The molecular formula is C14H19N5O2. The Bertz CT molecular complexity index is 607. The number of rotatable bonds is 4. The molecular weight excluding hydrogens is 270 g/mol. The van der Waals surface area contributed by atoms with Gasteiger partial charge in [0.05, 0.1) is 18.2 Å². The minimum absolute atomic E-state index is 0.0130. The lowest BCUT2D eigenvalue weighted by molar-refractivity contribution is -0.129. The van der Waals surface area contributed by atoms with Crippen molar-refractivity contribution in [1.82, 2.24) is 25.3 Å². The molecule has 0 bridgehead atoms. The summed E-state index contributed by atoms with van der Waals surface area (Å²) in [6, 6.07) is 3.76. The Morgan fingerprint density at radius 3 is 3.00 bits per heavy atom. The van der Waals surface area contributed by atoms with Crippen LogP contribution >= 0.6 is 0 Å². The fourth-order valence-corrected chi connectivity index (χ4v) is 2.76. The fraction of sp³-hybridized carbons (Fsp3) is 0.500. The van der Waals surface area contributed by atoms with Crippen molar-refractivity contribution in [3.63, 3.8) is 0 Å². The SMILES string of the molecule is Cc1cc(C[C@@H]2CN(C(=O)Cc3ccn[nH]3)C[C@@H]2O)n[nH]1. The Morgan fingerprint density at radius 1 is 1.48 bits per heavy atom. The standard InChI is InChI=1S/C14H19N5O2/c1-9-4-12(18-16-9)5-10-7-19(8-13(10)20)14(21)6-11-2-3-15-17-11/h2-4,10,13,20H,5-8H2,1H3,(H,15,17)(H,16,18)/t10-,13+/m1/s1. The number of carbonyl (C=O) groups excluding carboxylic acids is 1. The third-order valence-electron chi connectivity index (χ3n) is 3.89. The number of amides is 1. The van der Waals surface area contributed by atoms with Crippen LogP contribution in [0.4, 0.5) is 0 Å². The molecule has 1 amide bonds. The highest BCUT2D eigenvalue weighted by atomic mass is 16.3. The van der Waals surface area contributed by atoms with Gasteiger partial charge in [0.2, 0.25) is 5.91 Å². The Hall–Kier alpha value is -2.15. The number of β-amino-alcohol motifs (C(OH)–C–C–N with tert-alkyl or cyclic N) is 1. The summed E-state index contributed by atoms with van der Waals surface area (Å²) < 4.78 is 0. The lowest BCUT2D eigenvalue weighted by atomic mass is 10.0. The lowest BCUT2D eigenvalue weighted by Gasteiger charge is -2.15. The number of nitrogens with one attached hydrogen (secondary N) is 2. The van der Waals surface area contributed by atoms with E-state index in [1.54, 1.807) is 17.2 Å². The molecule has 7 nitrogen and oxygen atoms in total. The molecule has 3 rings (SSSR count). The van der Waals surface area contributed by atoms with Crippen LogP contribution in [-0.2, 0) is 17.6 Å². The van der Waals surface area contributed by atoms with E-state index in [0.29, 0.717) is 25.9 Å². The predicted molar refractivity (Wildman–Crippen MR) is 75.4 cm³/mol. The normalized spacial score (nSPS) is 21.9.